The van der Waals surface area contributed by atoms with E-state index in [4.69, 9.17) is 0 Å². The van der Waals surface area contributed by atoms with Crippen molar-refractivity contribution in [3.8, 4) is 0 Å². The highest BCUT2D eigenvalue weighted by Gasteiger charge is 2.43. The molecule has 0 aromatic heterocycles. The van der Waals surface area contributed by atoms with Crippen molar-refractivity contribution >= 4 is 54.2 Å². The molecule has 2 aliphatic heterocycles. The number of nitrogens with zero attached hydrogens (tertiary/aromatic N) is 1. The molecule has 0 unspecified atom stereocenters. The zero-order chi connectivity index (χ0) is 36.3. The van der Waals surface area contributed by atoms with Gasteiger partial charge in [-0.3, -0.25) is 14.5 Å². The lowest BCUT2D eigenvalue weighted by Gasteiger charge is -2.43. The van der Waals surface area contributed by atoms with E-state index in [-0.39, 0.29) is 23.8 Å². The molecule has 11 nitrogen and oxygen atoms in total. The molecular weight excluding hydrogens is 697 g/mol. The number of piperidine rings is 1. The first kappa shape index (κ1) is 38.2. The van der Waals surface area contributed by atoms with Gasteiger partial charge in [0.15, 0.2) is 9.84 Å². The molecule has 0 bridgehead atoms. The van der Waals surface area contributed by atoms with Crippen molar-refractivity contribution in [2.24, 2.45) is 5.92 Å². The number of aliphatic hydroxyl groups excluding tert-OH is 1. The molecule has 272 valence electrons. The number of thioether (sulfide) groups is 1. The number of sulfone groups is 1. The fraction of sp³-hybridized carbons (Fsp3) is 0.500. The second-order valence-electron chi connectivity index (χ2n) is 14.5. The maximum Gasteiger partial charge on any atom is 0.239 e. The van der Waals surface area contributed by atoms with Crippen LogP contribution in [-0.2, 0) is 35.9 Å². The Morgan fingerprint density at radius 2 is 1.66 bits per heavy atom. The fourth-order valence-electron chi connectivity index (χ4n) is 6.79. The van der Waals surface area contributed by atoms with Gasteiger partial charge in [0.25, 0.3) is 0 Å². The van der Waals surface area contributed by atoms with Crippen LogP contribution in [0.3, 0.4) is 0 Å². The van der Waals surface area contributed by atoms with Gasteiger partial charge in [-0.2, -0.15) is 11.8 Å². The molecule has 4 N–H and O–H groups in total. The topological polar surface area (TPSA) is 162 Å². The first-order valence-corrected chi connectivity index (χ1v) is 21.5. The van der Waals surface area contributed by atoms with Gasteiger partial charge >= 0.3 is 0 Å². The van der Waals surface area contributed by atoms with Gasteiger partial charge < -0.3 is 15.7 Å². The summed E-state index contributed by atoms with van der Waals surface area (Å²) < 4.78 is 54.3. The van der Waals surface area contributed by atoms with Gasteiger partial charge in [-0.25, -0.2) is 21.6 Å². The van der Waals surface area contributed by atoms with Crippen LogP contribution in [0, 0.1) is 5.92 Å². The monoisotopic (exact) mass is 744 g/mol. The molecule has 6 atom stereocenters. The first-order valence-electron chi connectivity index (χ1n) is 16.9. The number of carbonyl (C=O) groups excluding carboxylic acids is 2. The molecule has 14 heteroatoms. The minimum atomic E-state index is -4.15. The molecule has 2 aliphatic rings. The molecule has 5 rings (SSSR count). The predicted molar refractivity (Wildman–Crippen MR) is 198 cm³/mol. The molecule has 0 spiro atoms. The molecule has 3 aromatic rings. The number of sulfonamides is 1. The van der Waals surface area contributed by atoms with Gasteiger partial charge in [0, 0.05) is 23.9 Å². The summed E-state index contributed by atoms with van der Waals surface area (Å²) in [5, 5.41) is 19.6. The lowest BCUT2D eigenvalue weighted by atomic mass is 9.89. The maximum absolute atomic E-state index is 13.9. The van der Waals surface area contributed by atoms with E-state index in [9.17, 15) is 31.5 Å². The Morgan fingerprint density at radius 3 is 2.34 bits per heavy atom. The van der Waals surface area contributed by atoms with Crippen LogP contribution in [-0.4, -0.2) is 105 Å². The third kappa shape index (κ3) is 10.3. The highest BCUT2D eigenvalue weighted by atomic mass is 32.2. The number of hydrogen-bond donors (Lipinski definition) is 4. The quantitative estimate of drug-likeness (QED) is 0.206. The van der Waals surface area contributed by atoms with Crippen LogP contribution in [0.5, 0.6) is 0 Å². The van der Waals surface area contributed by atoms with E-state index in [1.807, 2.05) is 79.9 Å². The van der Waals surface area contributed by atoms with E-state index in [0.29, 0.717) is 29.5 Å². The second kappa shape index (κ2) is 15.7. The molecule has 0 radical (unpaired) electrons. The Bertz CT molecular complexity index is 1880. The molecule has 50 heavy (non-hydrogen) atoms. The van der Waals surface area contributed by atoms with E-state index in [0.717, 1.165) is 29.4 Å². The number of aliphatic hydroxyl groups is 1. The van der Waals surface area contributed by atoms with Crippen LogP contribution in [0.4, 0.5) is 0 Å². The van der Waals surface area contributed by atoms with Crippen LogP contribution >= 0.6 is 11.8 Å². The number of benzene rings is 3. The predicted octanol–water partition coefficient (Wildman–Crippen LogP) is 2.73. The summed E-state index contributed by atoms with van der Waals surface area (Å²) in [6.45, 7) is 6.46. The van der Waals surface area contributed by atoms with E-state index >= 15 is 0 Å². The largest absolute Gasteiger partial charge is 0.390 e. The summed E-state index contributed by atoms with van der Waals surface area (Å²) in [5.74, 6) is -0.441. The first-order chi connectivity index (χ1) is 23.5. The van der Waals surface area contributed by atoms with Crippen molar-refractivity contribution in [3.05, 3.63) is 78.4 Å². The molecule has 2 amide bonds. The van der Waals surface area contributed by atoms with Gasteiger partial charge in [-0.1, -0.05) is 60.7 Å². The fourth-order valence-corrected chi connectivity index (χ4v) is 10.6. The number of hydrogen-bond acceptors (Lipinski definition) is 9. The third-order valence-electron chi connectivity index (χ3n) is 9.16. The molecule has 2 saturated heterocycles. The van der Waals surface area contributed by atoms with Crippen LogP contribution < -0.4 is 15.4 Å². The minimum absolute atomic E-state index is 0.0433. The Hall–Kier alpha value is -3.01. The number of nitrogens with one attached hydrogen (secondary N) is 3. The summed E-state index contributed by atoms with van der Waals surface area (Å²) in [7, 11) is -8.18. The van der Waals surface area contributed by atoms with Crippen molar-refractivity contribution in [1.82, 2.24) is 20.3 Å². The van der Waals surface area contributed by atoms with Gasteiger partial charge in [-0.05, 0) is 80.2 Å². The molecule has 2 fully saturated rings. The average molecular weight is 745 g/mol. The van der Waals surface area contributed by atoms with Crippen LogP contribution in [0.25, 0.3) is 10.8 Å². The SMILES string of the molecule is CC(C)(C)NC(=O)[C@@H]1C[C@@H]2SCC[C@@H]2CN1C[C@@H](O)[C@H](Cc1ccccc1)NC(=O)[C@@H](CS(=O)(=O)c1ccc2ccccc2c1)NS(C)(=O)=O. The minimum Gasteiger partial charge on any atom is -0.390 e. The number of β-amino-alcohol motifs (C(OH)–C–C–N with tert-alkyl or cyclic N) is 1. The van der Waals surface area contributed by atoms with E-state index in [1.54, 1.807) is 18.2 Å². The van der Waals surface area contributed by atoms with Crippen molar-refractivity contribution in [1.29, 1.82) is 0 Å². The smallest absolute Gasteiger partial charge is 0.239 e. The van der Waals surface area contributed by atoms with Crippen molar-refractivity contribution in [3.63, 3.8) is 0 Å². The molecule has 3 aromatic carbocycles. The highest BCUT2D eigenvalue weighted by Crippen LogP contribution is 2.40. The summed E-state index contributed by atoms with van der Waals surface area (Å²) in [4.78, 5) is 29.4. The van der Waals surface area contributed by atoms with Crippen molar-refractivity contribution in [2.45, 2.75) is 79.9 Å². The summed E-state index contributed by atoms with van der Waals surface area (Å²) in [5.41, 5.74) is 0.362. The number of fused-ring (bicyclic) bond motifs is 2. The van der Waals surface area contributed by atoms with Crippen molar-refractivity contribution < 1.29 is 31.5 Å². The second-order valence-corrected chi connectivity index (χ2v) is 19.7. The van der Waals surface area contributed by atoms with Gasteiger partial charge in [0.2, 0.25) is 21.8 Å². The Balaban J connectivity index is 1.40. The molecular formula is C36H48N4O7S3. The normalized spacial score (nSPS) is 22.0. The van der Waals surface area contributed by atoms with Crippen LogP contribution in [0.2, 0.25) is 0 Å². The summed E-state index contributed by atoms with van der Waals surface area (Å²) >= 11 is 1.88. The average Bonchev–Trinajstić information content (AvgIpc) is 3.50. The number of amides is 2. The van der Waals surface area contributed by atoms with Gasteiger partial charge in [0.05, 0.1) is 35.1 Å². The Kier molecular flexibility index (Phi) is 12.0. The number of likely N-dealkylation sites (tertiary alicyclic amines) is 1. The lowest BCUT2D eigenvalue weighted by molar-refractivity contribution is -0.131. The van der Waals surface area contributed by atoms with Crippen LogP contribution in [0.1, 0.15) is 39.2 Å². The van der Waals surface area contributed by atoms with E-state index in [2.05, 4.69) is 15.4 Å². The number of carbonyl (C=O) groups is 2. The van der Waals surface area contributed by atoms with Crippen molar-refractivity contribution in [2.75, 3.05) is 30.9 Å². The zero-order valence-electron chi connectivity index (χ0n) is 28.9. The number of rotatable bonds is 13. The van der Waals surface area contributed by atoms with Gasteiger partial charge in [0.1, 0.15) is 6.04 Å². The van der Waals surface area contributed by atoms with Gasteiger partial charge in [-0.15, -0.1) is 0 Å². The molecule has 2 heterocycles. The summed E-state index contributed by atoms with van der Waals surface area (Å²) in [6, 6.07) is 18.0. The summed E-state index contributed by atoms with van der Waals surface area (Å²) in [6.07, 6.45) is 1.54. The van der Waals surface area contributed by atoms with E-state index in [1.165, 1.54) is 12.1 Å². The molecule has 0 aliphatic carbocycles. The lowest BCUT2D eigenvalue weighted by Crippen LogP contribution is -2.61. The highest BCUT2D eigenvalue weighted by molar-refractivity contribution is 8.00. The van der Waals surface area contributed by atoms with Crippen LogP contribution in [0.15, 0.2) is 77.7 Å². The Labute approximate surface area is 299 Å². The standard InChI is InChI=1S/C36H48N4O7S3/c1-36(2,3)38-35(43)31-20-33-27(16-17-48-33)21-40(31)22-32(41)29(18-24-10-6-5-7-11-24)37-34(42)30(39-49(4,44)45)23-50(46,47)28-15-14-25-12-8-9-13-26(25)19-28/h5-15,19,27,29-33,39,41H,16-18,20-23H2,1-4H3,(H,37,42)(H,38,43)/t27-,29+,30-,31+,32-,33+/m1/s1. The maximum atomic E-state index is 13.9. The van der Waals surface area contributed by atoms with E-state index < -0.39 is 61.3 Å². The molecule has 0 saturated carbocycles. The zero-order valence-corrected chi connectivity index (χ0v) is 31.4. The third-order valence-corrected chi connectivity index (χ3v) is 13.1. The Morgan fingerprint density at radius 1 is 0.980 bits per heavy atom.